The van der Waals surface area contributed by atoms with Gasteiger partial charge in [-0.25, -0.2) is 4.79 Å². The van der Waals surface area contributed by atoms with E-state index < -0.39 is 0 Å². The molecular formula is C21H30N2O4. The van der Waals surface area contributed by atoms with Crippen molar-refractivity contribution in [2.45, 2.75) is 62.9 Å². The third-order valence-corrected chi connectivity index (χ3v) is 6.15. The fourth-order valence-corrected chi connectivity index (χ4v) is 4.61. The maximum atomic E-state index is 13.2. The summed E-state index contributed by atoms with van der Waals surface area (Å²) >= 11 is 0. The summed E-state index contributed by atoms with van der Waals surface area (Å²) < 4.78 is 11.9. The van der Waals surface area contributed by atoms with Gasteiger partial charge in [0.2, 0.25) is 0 Å². The van der Waals surface area contributed by atoms with Crippen molar-refractivity contribution in [3.05, 3.63) is 35.9 Å². The molecular weight excluding hydrogens is 344 g/mol. The van der Waals surface area contributed by atoms with E-state index in [4.69, 9.17) is 9.47 Å². The lowest BCUT2D eigenvalue weighted by Gasteiger charge is -2.33. The van der Waals surface area contributed by atoms with Gasteiger partial charge in [-0.05, 0) is 18.4 Å². The average molecular weight is 374 g/mol. The maximum absolute atomic E-state index is 13.2. The fourth-order valence-electron chi connectivity index (χ4n) is 4.61. The Morgan fingerprint density at radius 1 is 1.07 bits per heavy atom. The van der Waals surface area contributed by atoms with Crippen molar-refractivity contribution >= 4 is 6.03 Å². The van der Waals surface area contributed by atoms with Gasteiger partial charge in [-0.2, -0.15) is 0 Å². The van der Waals surface area contributed by atoms with Crippen LogP contribution in [-0.4, -0.2) is 60.1 Å². The van der Waals surface area contributed by atoms with Gasteiger partial charge in [0.25, 0.3) is 0 Å². The Hall–Kier alpha value is -1.63. The number of ether oxygens (including phenoxy) is 2. The van der Waals surface area contributed by atoms with Gasteiger partial charge in [-0.3, -0.25) is 0 Å². The molecule has 4 atom stereocenters. The van der Waals surface area contributed by atoms with Crippen LogP contribution >= 0.6 is 0 Å². The van der Waals surface area contributed by atoms with Crippen LogP contribution in [0.15, 0.2) is 30.3 Å². The number of hydrogen-bond donors (Lipinski definition) is 2. The lowest BCUT2D eigenvalue weighted by atomic mass is 9.95. The summed E-state index contributed by atoms with van der Waals surface area (Å²) in [6.45, 7) is 1.53. The van der Waals surface area contributed by atoms with Crippen molar-refractivity contribution in [3.8, 4) is 0 Å². The van der Waals surface area contributed by atoms with E-state index in [-0.39, 0.29) is 42.8 Å². The molecule has 2 N–H and O–H groups in total. The second-order valence-electron chi connectivity index (χ2n) is 8.00. The number of urea groups is 1. The highest BCUT2D eigenvalue weighted by atomic mass is 16.6. The molecule has 2 heterocycles. The van der Waals surface area contributed by atoms with Crippen LogP contribution in [-0.2, 0) is 16.0 Å². The monoisotopic (exact) mass is 374 g/mol. The number of nitrogens with one attached hydrogen (secondary N) is 1. The number of nitrogens with zero attached hydrogens (tertiary/aromatic N) is 1. The van der Waals surface area contributed by atoms with Gasteiger partial charge in [-0.1, -0.05) is 49.6 Å². The number of benzene rings is 1. The van der Waals surface area contributed by atoms with Crippen molar-refractivity contribution in [2.24, 2.45) is 5.92 Å². The van der Waals surface area contributed by atoms with Crippen molar-refractivity contribution < 1.29 is 19.4 Å². The molecule has 4 rings (SSSR count). The number of fused-ring (bicyclic) bond motifs is 1. The highest BCUT2D eigenvalue weighted by Gasteiger charge is 2.50. The van der Waals surface area contributed by atoms with E-state index >= 15 is 0 Å². The van der Waals surface area contributed by atoms with Crippen LogP contribution in [0.4, 0.5) is 4.79 Å². The molecule has 2 amide bonds. The second-order valence-corrected chi connectivity index (χ2v) is 8.00. The van der Waals surface area contributed by atoms with Gasteiger partial charge in [0, 0.05) is 18.5 Å². The Morgan fingerprint density at radius 2 is 1.81 bits per heavy atom. The lowest BCUT2D eigenvalue weighted by molar-refractivity contribution is 0.0456. The first-order chi connectivity index (χ1) is 13.3. The molecule has 6 nitrogen and oxygen atoms in total. The molecule has 0 aromatic heterocycles. The predicted molar refractivity (Wildman–Crippen MR) is 101 cm³/mol. The number of amides is 2. The first kappa shape index (κ1) is 18.7. The molecule has 0 bridgehead atoms. The highest BCUT2D eigenvalue weighted by Crippen LogP contribution is 2.34. The SMILES string of the molecule is O=C(NC1CCCCC1)N(Cc1ccccc1)[C@H]1CO[C@@H]2[C@@H](CO)CO[C@@H]21. The number of rotatable bonds is 5. The van der Waals surface area contributed by atoms with Crippen LogP contribution in [0.2, 0.25) is 0 Å². The molecule has 2 saturated heterocycles. The zero-order chi connectivity index (χ0) is 18.6. The minimum atomic E-state index is -0.164. The van der Waals surface area contributed by atoms with E-state index in [2.05, 4.69) is 5.32 Å². The van der Waals surface area contributed by atoms with Crippen molar-refractivity contribution in [3.63, 3.8) is 0 Å². The van der Waals surface area contributed by atoms with Crippen LogP contribution in [0.25, 0.3) is 0 Å². The standard InChI is InChI=1S/C21H30N2O4/c24-12-16-13-26-20-18(14-27-19(16)20)23(11-15-7-3-1-4-8-15)21(25)22-17-9-5-2-6-10-17/h1,3-4,7-8,16-20,24H,2,5-6,9-14H2,(H,22,25)/t16-,18-,19+,20+/m0/s1. The summed E-state index contributed by atoms with van der Waals surface area (Å²) in [7, 11) is 0. The molecule has 1 aromatic rings. The Labute approximate surface area is 160 Å². The summed E-state index contributed by atoms with van der Waals surface area (Å²) in [5.74, 6) is -0.0000176. The second kappa shape index (κ2) is 8.59. The molecule has 0 radical (unpaired) electrons. The van der Waals surface area contributed by atoms with E-state index in [1.807, 2.05) is 35.2 Å². The molecule has 6 heteroatoms. The molecule has 27 heavy (non-hydrogen) atoms. The van der Waals surface area contributed by atoms with E-state index in [0.29, 0.717) is 19.8 Å². The van der Waals surface area contributed by atoms with Gasteiger partial charge in [0.1, 0.15) is 6.10 Å². The normalized spacial score (nSPS) is 30.9. The molecule has 1 saturated carbocycles. The van der Waals surface area contributed by atoms with Crippen LogP contribution in [0.1, 0.15) is 37.7 Å². The Morgan fingerprint density at radius 3 is 2.56 bits per heavy atom. The fraction of sp³-hybridized carbons (Fsp3) is 0.667. The van der Waals surface area contributed by atoms with E-state index in [1.165, 1.54) is 19.3 Å². The van der Waals surface area contributed by atoms with E-state index in [0.717, 1.165) is 18.4 Å². The quantitative estimate of drug-likeness (QED) is 0.830. The molecule has 3 aliphatic rings. The van der Waals surface area contributed by atoms with Crippen molar-refractivity contribution in [1.29, 1.82) is 0 Å². The van der Waals surface area contributed by atoms with E-state index in [9.17, 15) is 9.90 Å². The molecule has 3 fully saturated rings. The van der Waals surface area contributed by atoms with Gasteiger partial charge in [0.05, 0.1) is 32.0 Å². The minimum absolute atomic E-state index is 0.0000176. The molecule has 1 aliphatic carbocycles. The zero-order valence-electron chi connectivity index (χ0n) is 15.8. The van der Waals surface area contributed by atoms with Gasteiger partial charge in [-0.15, -0.1) is 0 Å². The summed E-state index contributed by atoms with van der Waals surface area (Å²) in [5, 5.41) is 12.8. The largest absolute Gasteiger partial charge is 0.396 e. The first-order valence-corrected chi connectivity index (χ1v) is 10.2. The molecule has 0 spiro atoms. The third kappa shape index (κ3) is 4.13. The number of hydrogen-bond acceptors (Lipinski definition) is 4. The smallest absolute Gasteiger partial charge is 0.318 e. The Kier molecular flexibility index (Phi) is 5.95. The number of carbonyl (C=O) groups is 1. The Bertz CT molecular complexity index is 620. The Balaban J connectivity index is 1.50. The van der Waals surface area contributed by atoms with Crippen molar-refractivity contribution in [2.75, 3.05) is 19.8 Å². The van der Waals surface area contributed by atoms with Gasteiger partial charge >= 0.3 is 6.03 Å². The van der Waals surface area contributed by atoms with Crippen LogP contribution in [0.5, 0.6) is 0 Å². The first-order valence-electron chi connectivity index (χ1n) is 10.2. The summed E-state index contributed by atoms with van der Waals surface area (Å²) in [6, 6.07) is 10.2. The summed E-state index contributed by atoms with van der Waals surface area (Å²) in [6.07, 6.45) is 5.45. The third-order valence-electron chi connectivity index (χ3n) is 6.15. The maximum Gasteiger partial charge on any atom is 0.318 e. The van der Waals surface area contributed by atoms with E-state index in [1.54, 1.807) is 0 Å². The van der Waals surface area contributed by atoms with Crippen LogP contribution in [0.3, 0.4) is 0 Å². The topological polar surface area (TPSA) is 71.0 Å². The molecule has 1 aromatic carbocycles. The van der Waals surface area contributed by atoms with Gasteiger partial charge in [0.15, 0.2) is 0 Å². The van der Waals surface area contributed by atoms with Gasteiger partial charge < -0.3 is 24.8 Å². The summed E-state index contributed by atoms with van der Waals surface area (Å²) in [4.78, 5) is 15.1. The molecule has 2 aliphatic heterocycles. The number of aliphatic hydroxyl groups excluding tert-OH is 1. The highest BCUT2D eigenvalue weighted by molar-refractivity contribution is 5.75. The summed E-state index contributed by atoms with van der Waals surface area (Å²) in [5.41, 5.74) is 1.09. The number of carbonyl (C=O) groups excluding carboxylic acids is 1. The lowest BCUT2D eigenvalue weighted by Crippen LogP contribution is -2.53. The van der Waals surface area contributed by atoms with Crippen molar-refractivity contribution in [1.82, 2.24) is 10.2 Å². The van der Waals surface area contributed by atoms with Crippen LogP contribution < -0.4 is 5.32 Å². The molecule has 0 unspecified atom stereocenters. The molecule has 148 valence electrons. The zero-order valence-corrected chi connectivity index (χ0v) is 15.8. The minimum Gasteiger partial charge on any atom is -0.396 e. The predicted octanol–water partition coefficient (Wildman–Crippen LogP) is 2.31. The van der Waals surface area contributed by atoms with Crippen LogP contribution in [0, 0.1) is 5.92 Å². The average Bonchev–Trinajstić information content (AvgIpc) is 3.29. The number of aliphatic hydroxyl groups is 1.